The van der Waals surface area contributed by atoms with Gasteiger partial charge >= 0.3 is 0 Å². The third-order valence-electron chi connectivity index (χ3n) is 4.06. The standard InChI is InChI=1S/C17H24N4/c1-20-12-9-16(19-20)14-18-13-15-5-7-17(8-6-15)21-10-3-2-4-11-21/h5-9,12,18H,2-4,10-11,13-14H2,1H3. The molecular formula is C17H24N4. The van der Waals surface area contributed by atoms with Gasteiger partial charge in [-0.05, 0) is 43.0 Å². The highest BCUT2D eigenvalue weighted by atomic mass is 15.3. The molecule has 4 nitrogen and oxygen atoms in total. The van der Waals surface area contributed by atoms with E-state index in [4.69, 9.17) is 0 Å². The summed E-state index contributed by atoms with van der Waals surface area (Å²) in [6.07, 6.45) is 6.01. The van der Waals surface area contributed by atoms with E-state index >= 15 is 0 Å². The zero-order valence-electron chi connectivity index (χ0n) is 12.8. The minimum Gasteiger partial charge on any atom is -0.372 e. The summed E-state index contributed by atoms with van der Waals surface area (Å²) >= 11 is 0. The van der Waals surface area contributed by atoms with Gasteiger partial charge in [-0.3, -0.25) is 4.68 Å². The van der Waals surface area contributed by atoms with Crippen LogP contribution in [0.25, 0.3) is 0 Å². The minimum absolute atomic E-state index is 0.814. The molecule has 1 aromatic heterocycles. The Labute approximate surface area is 126 Å². The van der Waals surface area contributed by atoms with Crippen LogP contribution in [0.5, 0.6) is 0 Å². The normalized spacial score (nSPS) is 15.4. The molecule has 0 amide bonds. The van der Waals surface area contributed by atoms with Gasteiger partial charge in [-0.25, -0.2) is 0 Å². The monoisotopic (exact) mass is 284 g/mol. The van der Waals surface area contributed by atoms with Crippen LogP contribution in [0.15, 0.2) is 36.5 Å². The first-order valence-corrected chi connectivity index (χ1v) is 7.84. The number of hydrogen-bond donors (Lipinski definition) is 1. The summed E-state index contributed by atoms with van der Waals surface area (Å²) in [5.74, 6) is 0. The van der Waals surface area contributed by atoms with Crippen molar-refractivity contribution in [2.45, 2.75) is 32.4 Å². The van der Waals surface area contributed by atoms with Crippen molar-refractivity contribution >= 4 is 5.69 Å². The van der Waals surface area contributed by atoms with Gasteiger partial charge in [-0.2, -0.15) is 5.10 Å². The van der Waals surface area contributed by atoms with Crippen molar-refractivity contribution in [2.75, 3.05) is 18.0 Å². The van der Waals surface area contributed by atoms with E-state index in [-0.39, 0.29) is 0 Å². The van der Waals surface area contributed by atoms with Crippen molar-refractivity contribution in [3.05, 3.63) is 47.8 Å². The SMILES string of the molecule is Cn1ccc(CNCc2ccc(N3CCCCC3)cc2)n1. The molecular weight excluding hydrogens is 260 g/mol. The molecule has 4 heteroatoms. The molecule has 0 aliphatic carbocycles. The molecule has 1 aliphatic heterocycles. The fourth-order valence-electron chi connectivity index (χ4n) is 2.87. The van der Waals surface area contributed by atoms with Gasteiger partial charge in [0.25, 0.3) is 0 Å². The van der Waals surface area contributed by atoms with Crippen LogP contribution in [-0.2, 0) is 20.1 Å². The number of nitrogens with one attached hydrogen (secondary N) is 1. The Hall–Kier alpha value is -1.81. The number of benzene rings is 1. The summed E-state index contributed by atoms with van der Waals surface area (Å²) < 4.78 is 1.84. The molecule has 1 saturated heterocycles. The number of hydrogen-bond acceptors (Lipinski definition) is 3. The van der Waals surface area contributed by atoms with E-state index in [0.717, 1.165) is 18.8 Å². The molecule has 2 aromatic rings. The number of anilines is 1. The van der Waals surface area contributed by atoms with Gasteiger partial charge in [0.2, 0.25) is 0 Å². The van der Waals surface area contributed by atoms with Crippen molar-refractivity contribution in [3.8, 4) is 0 Å². The van der Waals surface area contributed by atoms with Crippen LogP contribution in [0.2, 0.25) is 0 Å². The maximum atomic E-state index is 4.36. The van der Waals surface area contributed by atoms with Gasteiger partial charge < -0.3 is 10.2 Å². The molecule has 1 aliphatic rings. The molecule has 0 spiro atoms. The fourth-order valence-corrected chi connectivity index (χ4v) is 2.87. The van der Waals surface area contributed by atoms with Gasteiger partial charge in [0.1, 0.15) is 0 Å². The van der Waals surface area contributed by atoms with Crippen LogP contribution in [0.3, 0.4) is 0 Å². The molecule has 21 heavy (non-hydrogen) atoms. The van der Waals surface area contributed by atoms with Crippen LogP contribution in [0.1, 0.15) is 30.5 Å². The van der Waals surface area contributed by atoms with Crippen molar-refractivity contribution in [2.24, 2.45) is 7.05 Å². The van der Waals surface area contributed by atoms with Crippen LogP contribution >= 0.6 is 0 Å². The lowest BCUT2D eigenvalue weighted by atomic mass is 10.1. The molecule has 1 N–H and O–H groups in total. The molecule has 0 bridgehead atoms. The number of piperidine rings is 1. The molecule has 3 rings (SSSR count). The van der Waals surface area contributed by atoms with Gasteiger partial charge in [0, 0.05) is 45.1 Å². The van der Waals surface area contributed by atoms with E-state index in [2.05, 4.69) is 39.6 Å². The number of aromatic nitrogens is 2. The van der Waals surface area contributed by atoms with Crippen LogP contribution in [0, 0.1) is 0 Å². The van der Waals surface area contributed by atoms with Gasteiger partial charge in [0.15, 0.2) is 0 Å². The van der Waals surface area contributed by atoms with Gasteiger partial charge in [-0.1, -0.05) is 12.1 Å². The predicted octanol–water partition coefficient (Wildman–Crippen LogP) is 2.70. The van der Waals surface area contributed by atoms with E-state index in [1.165, 1.54) is 43.6 Å². The zero-order valence-corrected chi connectivity index (χ0v) is 12.8. The molecule has 2 heterocycles. The quantitative estimate of drug-likeness (QED) is 0.916. The Morgan fingerprint density at radius 3 is 2.43 bits per heavy atom. The number of rotatable bonds is 5. The lowest BCUT2D eigenvalue weighted by Crippen LogP contribution is -2.29. The largest absolute Gasteiger partial charge is 0.372 e. The van der Waals surface area contributed by atoms with Crippen molar-refractivity contribution in [1.29, 1.82) is 0 Å². The van der Waals surface area contributed by atoms with E-state index in [1.54, 1.807) is 0 Å². The topological polar surface area (TPSA) is 33.1 Å². The second-order valence-electron chi connectivity index (χ2n) is 5.80. The predicted molar refractivity (Wildman–Crippen MR) is 86.3 cm³/mol. The Balaban J connectivity index is 1.49. The molecule has 0 saturated carbocycles. The van der Waals surface area contributed by atoms with Crippen molar-refractivity contribution < 1.29 is 0 Å². The Morgan fingerprint density at radius 1 is 1.00 bits per heavy atom. The molecule has 1 fully saturated rings. The second-order valence-corrected chi connectivity index (χ2v) is 5.80. The average Bonchev–Trinajstić information content (AvgIpc) is 2.94. The summed E-state index contributed by atoms with van der Waals surface area (Å²) in [6.45, 7) is 4.11. The maximum absolute atomic E-state index is 4.36. The summed E-state index contributed by atoms with van der Waals surface area (Å²) in [5.41, 5.74) is 3.78. The van der Waals surface area contributed by atoms with Crippen LogP contribution in [0.4, 0.5) is 5.69 Å². The second kappa shape index (κ2) is 6.76. The molecule has 112 valence electrons. The highest BCUT2D eigenvalue weighted by Crippen LogP contribution is 2.20. The fraction of sp³-hybridized carbons (Fsp3) is 0.471. The van der Waals surface area contributed by atoms with Crippen LogP contribution in [-0.4, -0.2) is 22.9 Å². The lowest BCUT2D eigenvalue weighted by Gasteiger charge is -2.28. The van der Waals surface area contributed by atoms with Gasteiger partial charge in [0.05, 0.1) is 5.69 Å². The Kier molecular flexibility index (Phi) is 4.55. The third-order valence-corrected chi connectivity index (χ3v) is 4.06. The molecule has 1 aromatic carbocycles. The number of nitrogens with zero attached hydrogens (tertiary/aromatic N) is 3. The smallest absolute Gasteiger partial charge is 0.0762 e. The van der Waals surface area contributed by atoms with Crippen LogP contribution < -0.4 is 10.2 Å². The third kappa shape index (κ3) is 3.85. The first-order chi connectivity index (χ1) is 10.3. The highest BCUT2D eigenvalue weighted by molar-refractivity contribution is 5.47. The Bertz CT molecular complexity index is 552. The van der Waals surface area contributed by atoms with E-state index in [1.807, 2.05) is 24.0 Å². The van der Waals surface area contributed by atoms with Gasteiger partial charge in [-0.15, -0.1) is 0 Å². The zero-order chi connectivity index (χ0) is 14.5. The maximum Gasteiger partial charge on any atom is 0.0762 e. The number of aryl methyl sites for hydroxylation is 1. The van der Waals surface area contributed by atoms with Crippen molar-refractivity contribution in [1.82, 2.24) is 15.1 Å². The van der Waals surface area contributed by atoms with E-state index in [0.29, 0.717) is 0 Å². The first kappa shape index (κ1) is 14.1. The summed E-state index contributed by atoms with van der Waals surface area (Å²) in [5, 5.41) is 7.81. The Morgan fingerprint density at radius 2 is 1.76 bits per heavy atom. The van der Waals surface area contributed by atoms with E-state index in [9.17, 15) is 0 Å². The molecule has 0 radical (unpaired) electrons. The lowest BCUT2D eigenvalue weighted by molar-refractivity contribution is 0.577. The molecule has 0 atom stereocenters. The van der Waals surface area contributed by atoms with Crippen molar-refractivity contribution in [3.63, 3.8) is 0 Å². The first-order valence-electron chi connectivity index (χ1n) is 7.84. The molecule has 0 unspecified atom stereocenters. The summed E-state index contributed by atoms with van der Waals surface area (Å²) in [6, 6.07) is 11.0. The summed E-state index contributed by atoms with van der Waals surface area (Å²) in [7, 11) is 1.95. The summed E-state index contributed by atoms with van der Waals surface area (Å²) in [4.78, 5) is 2.49. The van der Waals surface area contributed by atoms with E-state index < -0.39 is 0 Å². The minimum atomic E-state index is 0.814. The highest BCUT2D eigenvalue weighted by Gasteiger charge is 2.10. The average molecular weight is 284 g/mol.